The molecule has 1 aromatic heterocycles. The van der Waals surface area contributed by atoms with Gasteiger partial charge in [0, 0.05) is 35.4 Å². The first-order chi connectivity index (χ1) is 13.4. The number of halogens is 1. The Kier molecular flexibility index (Phi) is 5.12. The summed E-state index contributed by atoms with van der Waals surface area (Å²) >= 11 is 6.01. The zero-order chi connectivity index (χ0) is 19.9. The van der Waals surface area contributed by atoms with Gasteiger partial charge in [-0.3, -0.25) is 0 Å². The van der Waals surface area contributed by atoms with Gasteiger partial charge in [-0.25, -0.2) is 12.4 Å². The van der Waals surface area contributed by atoms with Crippen LogP contribution < -0.4 is 4.90 Å². The van der Waals surface area contributed by atoms with E-state index >= 15 is 0 Å². The van der Waals surface area contributed by atoms with Crippen LogP contribution in [0.5, 0.6) is 0 Å². The molecule has 1 aliphatic heterocycles. The number of aromatic nitrogens is 1. The Morgan fingerprint density at radius 2 is 1.79 bits per heavy atom. The van der Waals surface area contributed by atoms with Crippen molar-refractivity contribution in [1.82, 2.24) is 8.87 Å². The van der Waals surface area contributed by atoms with E-state index < -0.39 is 10.0 Å². The molecule has 2 heterocycles. The van der Waals surface area contributed by atoms with Gasteiger partial charge in [0.1, 0.15) is 0 Å². The number of likely N-dealkylation sites (tertiary alicyclic amines) is 1. The third-order valence-corrected chi connectivity index (χ3v) is 7.56. The van der Waals surface area contributed by atoms with Crippen LogP contribution in [-0.2, 0) is 10.0 Å². The minimum Gasteiger partial charge on any atom is -0.371 e. The van der Waals surface area contributed by atoms with E-state index in [9.17, 15) is 8.42 Å². The van der Waals surface area contributed by atoms with Gasteiger partial charge < -0.3 is 9.80 Å². The monoisotopic (exact) mass is 417 g/mol. The van der Waals surface area contributed by atoms with Crippen LogP contribution in [0.25, 0.3) is 10.9 Å². The van der Waals surface area contributed by atoms with Gasteiger partial charge in [-0.1, -0.05) is 23.7 Å². The predicted molar refractivity (Wildman–Crippen MR) is 115 cm³/mol. The zero-order valence-electron chi connectivity index (χ0n) is 16.0. The Bertz CT molecular complexity index is 1100. The largest absolute Gasteiger partial charge is 0.371 e. The second-order valence-electron chi connectivity index (χ2n) is 7.43. The summed E-state index contributed by atoms with van der Waals surface area (Å²) in [4.78, 5) is 4.83. The molecule has 1 aliphatic rings. The van der Waals surface area contributed by atoms with Gasteiger partial charge >= 0.3 is 0 Å². The fourth-order valence-corrected chi connectivity index (χ4v) is 5.61. The summed E-state index contributed by atoms with van der Waals surface area (Å²) in [6.45, 7) is 2.16. The first-order valence-corrected chi connectivity index (χ1v) is 11.2. The minimum atomic E-state index is -3.71. The zero-order valence-corrected chi connectivity index (χ0v) is 17.6. The average molecular weight is 418 g/mol. The molecule has 2 aromatic carbocycles. The predicted octanol–water partition coefficient (Wildman–Crippen LogP) is 4.06. The topological polar surface area (TPSA) is 45.5 Å². The molecule has 5 nitrogen and oxygen atoms in total. The molecule has 0 atom stereocenters. The molecular formula is C21H24ClN3O2S. The lowest BCUT2D eigenvalue weighted by Gasteiger charge is -2.36. The van der Waals surface area contributed by atoms with Crippen LogP contribution >= 0.6 is 11.6 Å². The summed E-state index contributed by atoms with van der Waals surface area (Å²) < 4.78 is 27.7. The lowest BCUT2D eigenvalue weighted by Crippen LogP contribution is -2.42. The van der Waals surface area contributed by atoms with Crippen LogP contribution in [0.1, 0.15) is 12.8 Å². The van der Waals surface area contributed by atoms with E-state index in [4.69, 9.17) is 11.6 Å². The Morgan fingerprint density at radius 1 is 1.07 bits per heavy atom. The maximum absolute atomic E-state index is 13.2. The van der Waals surface area contributed by atoms with Crippen LogP contribution in [0.4, 0.5) is 5.69 Å². The Balaban J connectivity index is 1.75. The summed E-state index contributed by atoms with van der Waals surface area (Å²) in [5, 5.41) is 1.34. The van der Waals surface area contributed by atoms with Gasteiger partial charge in [0.2, 0.25) is 0 Å². The molecule has 0 amide bonds. The molecule has 0 bridgehead atoms. The normalized spacial score (nSPS) is 16.5. The molecule has 0 N–H and O–H groups in total. The van der Waals surface area contributed by atoms with Crippen molar-refractivity contribution >= 4 is 38.2 Å². The van der Waals surface area contributed by atoms with Gasteiger partial charge in [0.05, 0.1) is 10.4 Å². The number of piperidine rings is 1. The second-order valence-corrected chi connectivity index (χ2v) is 9.68. The molecular weight excluding hydrogens is 394 g/mol. The average Bonchev–Trinajstić information content (AvgIpc) is 3.13. The Labute approximate surface area is 171 Å². The molecule has 0 saturated carbocycles. The van der Waals surface area contributed by atoms with Gasteiger partial charge in [0.25, 0.3) is 10.0 Å². The van der Waals surface area contributed by atoms with Crippen molar-refractivity contribution in [3.05, 3.63) is 59.8 Å². The molecule has 1 fully saturated rings. The van der Waals surface area contributed by atoms with Crippen molar-refractivity contribution < 1.29 is 8.42 Å². The number of hydrogen-bond acceptors (Lipinski definition) is 4. The van der Waals surface area contributed by atoms with Crippen molar-refractivity contribution in [2.24, 2.45) is 0 Å². The Morgan fingerprint density at radius 3 is 2.50 bits per heavy atom. The molecule has 0 unspecified atom stereocenters. The van der Waals surface area contributed by atoms with E-state index in [1.165, 1.54) is 10.0 Å². The molecule has 0 aliphatic carbocycles. The number of anilines is 1. The molecule has 0 spiro atoms. The summed E-state index contributed by atoms with van der Waals surface area (Å²) in [6.07, 6.45) is 3.84. The van der Waals surface area contributed by atoms with Crippen molar-refractivity contribution in [1.29, 1.82) is 0 Å². The van der Waals surface area contributed by atoms with Crippen LogP contribution in [0, 0.1) is 0 Å². The van der Waals surface area contributed by atoms with E-state index in [-0.39, 0.29) is 4.90 Å². The van der Waals surface area contributed by atoms with E-state index in [0.29, 0.717) is 16.6 Å². The lowest BCUT2D eigenvalue weighted by molar-refractivity contribution is 0.253. The summed E-state index contributed by atoms with van der Waals surface area (Å²) in [5.41, 5.74) is 1.74. The number of benzene rings is 2. The quantitative estimate of drug-likeness (QED) is 0.642. The van der Waals surface area contributed by atoms with Gasteiger partial charge in [0.15, 0.2) is 0 Å². The number of hydrogen-bond donors (Lipinski definition) is 0. The van der Waals surface area contributed by atoms with E-state index in [0.717, 1.165) is 37.0 Å². The van der Waals surface area contributed by atoms with E-state index in [2.05, 4.69) is 30.0 Å². The molecule has 148 valence electrons. The first kappa shape index (κ1) is 19.3. The molecule has 28 heavy (non-hydrogen) atoms. The SMILES string of the molecule is CN1CCC(N(C)c2cccc3c2ccn3S(=O)(=O)c2cccc(Cl)c2)CC1. The summed E-state index contributed by atoms with van der Waals surface area (Å²) in [5.74, 6) is 0. The molecule has 0 radical (unpaired) electrons. The van der Waals surface area contributed by atoms with Crippen LogP contribution in [0.15, 0.2) is 59.6 Å². The number of fused-ring (bicyclic) bond motifs is 1. The smallest absolute Gasteiger partial charge is 0.268 e. The lowest BCUT2D eigenvalue weighted by atomic mass is 10.0. The first-order valence-electron chi connectivity index (χ1n) is 9.40. The fraction of sp³-hybridized carbons (Fsp3) is 0.333. The third-order valence-electron chi connectivity index (χ3n) is 5.64. The summed E-state index contributed by atoms with van der Waals surface area (Å²) in [7, 11) is 0.543. The molecule has 7 heteroatoms. The van der Waals surface area contributed by atoms with Gasteiger partial charge in [-0.05, 0) is 69.4 Å². The highest BCUT2D eigenvalue weighted by molar-refractivity contribution is 7.90. The van der Waals surface area contributed by atoms with Crippen molar-refractivity contribution in [3.8, 4) is 0 Å². The fourth-order valence-electron chi connectivity index (χ4n) is 3.96. The van der Waals surface area contributed by atoms with Crippen molar-refractivity contribution in [3.63, 3.8) is 0 Å². The van der Waals surface area contributed by atoms with E-state index in [1.54, 1.807) is 24.4 Å². The van der Waals surface area contributed by atoms with Gasteiger partial charge in [-0.15, -0.1) is 0 Å². The van der Waals surface area contributed by atoms with Gasteiger partial charge in [-0.2, -0.15) is 0 Å². The van der Waals surface area contributed by atoms with Crippen LogP contribution in [0.3, 0.4) is 0 Å². The van der Waals surface area contributed by atoms with Crippen LogP contribution in [-0.4, -0.2) is 50.5 Å². The minimum absolute atomic E-state index is 0.187. The Hall–Kier alpha value is -2.02. The van der Waals surface area contributed by atoms with Crippen molar-refractivity contribution in [2.45, 2.75) is 23.8 Å². The second kappa shape index (κ2) is 7.43. The standard InChI is InChI=1S/C21H24ClN3O2S/c1-23-12-9-17(10-13-23)24(2)20-7-4-8-21-19(20)11-14-25(21)28(26,27)18-6-3-5-16(22)15-18/h3-8,11,14-15,17H,9-10,12-13H2,1-2H3. The maximum atomic E-state index is 13.2. The molecule has 4 rings (SSSR count). The highest BCUT2D eigenvalue weighted by Gasteiger charge is 2.24. The third kappa shape index (κ3) is 3.41. The summed E-state index contributed by atoms with van der Waals surface area (Å²) in [6, 6.07) is 14.6. The van der Waals surface area contributed by atoms with Crippen LogP contribution in [0.2, 0.25) is 5.02 Å². The molecule has 1 saturated heterocycles. The molecule has 3 aromatic rings. The highest BCUT2D eigenvalue weighted by atomic mass is 35.5. The highest BCUT2D eigenvalue weighted by Crippen LogP contribution is 2.32. The van der Waals surface area contributed by atoms with Crippen molar-refractivity contribution in [2.75, 3.05) is 32.1 Å². The number of rotatable bonds is 4. The number of nitrogens with zero attached hydrogens (tertiary/aromatic N) is 3. The maximum Gasteiger partial charge on any atom is 0.268 e. The van der Waals surface area contributed by atoms with E-state index in [1.807, 2.05) is 18.2 Å².